The minimum absolute atomic E-state index is 0.160. The standard InChI is InChI=1S/C16H21N3O2/c20-16(15-18-13-8-3-4-9-14(13)19-15)17-10-5-11-21-12-6-1-2-7-12/h3-4,8-9,12H,1-2,5-7,10-11H2,(H,17,20)(H,18,19). The molecule has 0 unspecified atom stereocenters. The van der Waals surface area contributed by atoms with Crippen LogP contribution in [0.15, 0.2) is 24.3 Å². The lowest BCUT2D eigenvalue weighted by atomic mass is 10.3. The van der Waals surface area contributed by atoms with E-state index in [-0.39, 0.29) is 5.91 Å². The molecule has 2 N–H and O–H groups in total. The van der Waals surface area contributed by atoms with Crippen molar-refractivity contribution in [3.05, 3.63) is 30.1 Å². The van der Waals surface area contributed by atoms with Gasteiger partial charge >= 0.3 is 0 Å². The Bertz CT molecular complexity index is 569. The normalized spacial score (nSPS) is 15.6. The average molecular weight is 287 g/mol. The van der Waals surface area contributed by atoms with Gasteiger partial charge in [0, 0.05) is 13.2 Å². The molecule has 112 valence electrons. The van der Waals surface area contributed by atoms with Crippen LogP contribution in [0.4, 0.5) is 0 Å². The van der Waals surface area contributed by atoms with Crippen LogP contribution in [-0.2, 0) is 4.74 Å². The third-order valence-corrected chi connectivity index (χ3v) is 3.87. The van der Waals surface area contributed by atoms with E-state index >= 15 is 0 Å². The van der Waals surface area contributed by atoms with E-state index in [1.807, 2.05) is 24.3 Å². The van der Waals surface area contributed by atoms with Crippen LogP contribution in [0.3, 0.4) is 0 Å². The number of benzene rings is 1. The predicted molar refractivity (Wildman–Crippen MR) is 81.3 cm³/mol. The molecule has 0 aliphatic heterocycles. The number of amides is 1. The number of para-hydroxylation sites is 2. The molecule has 1 amide bonds. The van der Waals surface area contributed by atoms with Gasteiger partial charge in [0.25, 0.3) is 5.91 Å². The molecule has 1 aliphatic rings. The van der Waals surface area contributed by atoms with E-state index < -0.39 is 0 Å². The fraction of sp³-hybridized carbons (Fsp3) is 0.500. The Morgan fingerprint density at radius 1 is 1.33 bits per heavy atom. The number of H-pyrrole nitrogens is 1. The van der Waals surface area contributed by atoms with E-state index in [0.29, 0.717) is 25.1 Å². The molecule has 21 heavy (non-hydrogen) atoms. The Morgan fingerprint density at radius 2 is 2.14 bits per heavy atom. The van der Waals surface area contributed by atoms with Crippen LogP contribution >= 0.6 is 0 Å². The molecule has 0 bridgehead atoms. The molecule has 5 nitrogen and oxygen atoms in total. The molecule has 1 saturated carbocycles. The smallest absolute Gasteiger partial charge is 0.287 e. The Morgan fingerprint density at radius 3 is 2.95 bits per heavy atom. The number of nitrogens with zero attached hydrogens (tertiary/aromatic N) is 1. The number of aromatic nitrogens is 2. The molecule has 1 aromatic heterocycles. The summed E-state index contributed by atoms with van der Waals surface area (Å²) in [7, 11) is 0. The zero-order valence-electron chi connectivity index (χ0n) is 12.1. The second-order valence-electron chi connectivity index (χ2n) is 5.49. The lowest BCUT2D eigenvalue weighted by Gasteiger charge is -2.10. The summed E-state index contributed by atoms with van der Waals surface area (Å²) in [5, 5.41) is 2.87. The molecule has 1 aliphatic carbocycles. The Labute approximate surface area is 124 Å². The Hall–Kier alpha value is -1.88. The van der Waals surface area contributed by atoms with E-state index in [9.17, 15) is 4.79 Å². The first-order valence-corrected chi connectivity index (χ1v) is 7.67. The first-order chi connectivity index (χ1) is 10.3. The van der Waals surface area contributed by atoms with Gasteiger partial charge in [-0.05, 0) is 31.4 Å². The molecule has 1 heterocycles. The highest BCUT2D eigenvalue weighted by atomic mass is 16.5. The largest absolute Gasteiger partial charge is 0.378 e. The van der Waals surface area contributed by atoms with Crippen LogP contribution in [0.2, 0.25) is 0 Å². The van der Waals surface area contributed by atoms with Gasteiger partial charge in [0.2, 0.25) is 0 Å². The summed E-state index contributed by atoms with van der Waals surface area (Å²) in [5.74, 6) is 0.208. The minimum atomic E-state index is -0.160. The number of hydrogen-bond acceptors (Lipinski definition) is 3. The second-order valence-corrected chi connectivity index (χ2v) is 5.49. The highest BCUT2D eigenvalue weighted by molar-refractivity contribution is 5.94. The number of aromatic amines is 1. The van der Waals surface area contributed by atoms with Crippen molar-refractivity contribution in [3.63, 3.8) is 0 Å². The number of fused-ring (bicyclic) bond motifs is 1. The minimum Gasteiger partial charge on any atom is -0.378 e. The van der Waals surface area contributed by atoms with Gasteiger partial charge in [-0.2, -0.15) is 0 Å². The molecule has 2 aromatic rings. The van der Waals surface area contributed by atoms with Crippen molar-refractivity contribution in [1.29, 1.82) is 0 Å². The van der Waals surface area contributed by atoms with Crippen molar-refractivity contribution < 1.29 is 9.53 Å². The van der Waals surface area contributed by atoms with E-state index in [0.717, 1.165) is 17.5 Å². The molecule has 3 rings (SSSR count). The van der Waals surface area contributed by atoms with Crippen LogP contribution in [0, 0.1) is 0 Å². The van der Waals surface area contributed by atoms with Gasteiger partial charge < -0.3 is 15.0 Å². The Kier molecular flexibility index (Phi) is 4.50. The van der Waals surface area contributed by atoms with E-state index in [1.54, 1.807) is 0 Å². The molecule has 1 aromatic carbocycles. The number of rotatable bonds is 6. The SMILES string of the molecule is O=C(NCCCOC1CCCC1)c1nc2ccccc2[nH]1. The highest BCUT2D eigenvalue weighted by Gasteiger charge is 2.15. The monoisotopic (exact) mass is 287 g/mol. The quantitative estimate of drug-likeness (QED) is 0.803. The number of nitrogens with one attached hydrogen (secondary N) is 2. The number of ether oxygens (including phenoxy) is 1. The van der Waals surface area contributed by atoms with Crippen LogP contribution in [0.25, 0.3) is 11.0 Å². The van der Waals surface area contributed by atoms with Crippen molar-refractivity contribution in [2.75, 3.05) is 13.2 Å². The number of hydrogen-bond donors (Lipinski definition) is 2. The Balaban J connectivity index is 1.41. The molecule has 0 spiro atoms. The topological polar surface area (TPSA) is 67.0 Å². The van der Waals surface area contributed by atoms with Crippen molar-refractivity contribution in [1.82, 2.24) is 15.3 Å². The fourth-order valence-corrected chi connectivity index (χ4v) is 2.72. The second kappa shape index (κ2) is 6.72. The molecular formula is C16H21N3O2. The van der Waals surface area contributed by atoms with Gasteiger partial charge in [0.05, 0.1) is 17.1 Å². The predicted octanol–water partition coefficient (Wildman–Crippen LogP) is 2.64. The maximum absolute atomic E-state index is 12.0. The molecule has 0 radical (unpaired) electrons. The van der Waals surface area contributed by atoms with Crippen molar-refractivity contribution >= 4 is 16.9 Å². The van der Waals surface area contributed by atoms with Gasteiger partial charge in [0.1, 0.15) is 0 Å². The maximum Gasteiger partial charge on any atom is 0.287 e. The lowest BCUT2D eigenvalue weighted by molar-refractivity contribution is 0.0565. The van der Waals surface area contributed by atoms with Crippen LogP contribution in [0.5, 0.6) is 0 Å². The summed E-state index contributed by atoms with van der Waals surface area (Å²) in [5.41, 5.74) is 1.69. The van der Waals surface area contributed by atoms with Crippen LogP contribution in [0.1, 0.15) is 42.7 Å². The third kappa shape index (κ3) is 3.61. The summed E-state index contributed by atoms with van der Waals surface area (Å²) < 4.78 is 5.76. The zero-order chi connectivity index (χ0) is 14.5. The first kappa shape index (κ1) is 14.1. The van der Waals surface area contributed by atoms with Gasteiger partial charge in [-0.3, -0.25) is 4.79 Å². The summed E-state index contributed by atoms with van der Waals surface area (Å²) in [4.78, 5) is 19.3. The number of carbonyl (C=O) groups excluding carboxylic acids is 1. The van der Waals surface area contributed by atoms with Crippen molar-refractivity contribution in [2.24, 2.45) is 0 Å². The molecule has 1 fully saturated rings. The first-order valence-electron chi connectivity index (χ1n) is 7.67. The van der Waals surface area contributed by atoms with Crippen molar-refractivity contribution in [2.45, 2.75) is 38.2 Å². The summed E-state index contributed by atoms with van der Waals surface area (Å²) in [6, 6.07) is 7.63. The molecule has 0 saturated heterocycles. The van der Waals surface area contributed by atoms with Gasteiger partial charge in [-0.25, -0.2) is 4.98 Å². The highest BCUT2D eigenvalue weighted by Crippen LogP contribution is 2.20. The summed E-state index contributed by atoms with van der Waals surface area (Å²) in [6.45, 7) is 1.33. The van der Waals surface area contributed by atoms with Gasteiger partial charge in [-0.1, -0.05) is 25.0 Å². The number of carbonyl (C=O) groups is 1. The van der Waals surface area contributed by atoms with Crippen LogP contribution < -0.4 is 5.32 Å². The molecular weight excluding hydrogens is 266 g/mol. The van der Waals surface area contributed by atoms with Gasteiger partial charge in [0.15, 0.2) is 5.82 Å². The summed E-state index contributed by atoms with van der Waals surface area (Å²) >= 11 is 0. The van der Waals surface area contributed by atoms with E-state index in [4.69, 9.17) is 4.74 Å². The number of imidazole rings is 1. The zero-order valence-corrected chi connectivity index (χ0v) is 12.1. The third-order valence-electron chi connectivity index (χ3n) is 3.87. The van der Waals surface area contributed by atoms with Crippen LogP contribution in [-0.4, -0.2) is 35.1 Å². The molecule has 0 atom stereocenters. The lowest BCUT2D eigenvalue weighted by Crippen LogP contribution is -2.26. The van der Waals surface area contributed by atoms with Crippen molar-refractivity contribution in [3.8, 4) is 0 Å². The molecule has 5 heteroatoms. The summed E-state index contributed by atoms with van der Waals surface area (Å²) in [6.07, 6.45) is 6.22. The average Bonchev–Trinajstić information content (AvgIpc) is 3.15. The van der Waals surface area contributed by atoms with Gasteiger partial charge in [-0.15, -0.1) is 0 Å². The fourth-order valence-electron chi connectivity index (χ4n) is 2.72. The maximum atomic E-state index is 12.0. The van der Waals surface area contributed by atoms with E-state index in [1.165, 1.54) is 25.7 Å². The van der Waals surface area contributed by atoms with E-state index in [2.05, 4.69) is 15.3 Å².